The molecule has 0 bridgehead atoms. The largest absolute Gasteiger partial charge is 0.393 e. The molecule has 0 spiro atoms. The Morgan fingerprint density at radius 3 is 2.44 bits per heavy atom. The summed E-state index contributed by atoms with van der Waals surface area (Å²) in [4.78, 5) is 12.1. The highest BCUT2D eigenvalue weighted by atomic mass is 16.3. The maximum Gasteiger partial charge on any atom is 0.223 e. The Labute approximate surface area is 109 Å². The number of fused-ring (bicyclic) bond motifs is 1. The number of carbonyl (C=O) groups is 1. The summed E-state index contributed by atoms with van der Waals surface area (Å²) in [5, 5.41) is 12.8. The zero-order valence-electron chi connectivity index (χ0n) is 11.1. The van der Waals surface area contributed by atoms with E-state index >= 15 is 0 Å². The lowest BCUT2D eigenvalue weighted by Gasteiger charge is -2.25. The third kappa shape index (κ3) is 2.56. The minimum atomic E-state index is -0.135. The van der Waals surface area contributed by atoms with Gasteiger partial charge >= 0.3 is 0 Å². The van der Waals surface area contributed by atoms with Crippen molar-refractivity contribution in [2.24, 2.45) is 23.7 Å². The Hall–Kier alpha value is -0.570. The van der Waals surface area contributed by atoms with Crippen molar-refractivity contribution in [3.63, 3.8) is 0 Å². The maximum absolute atomic E-state index is 12.1. The molecule has 3 heteroatoms. The summed E-state index contributed by atoms with van der Waals surface area (Å²) in [7, 11) is 0. The number of rotatable bonds is 3. The van der Waals surface area contributed by atoms with Crippen molar-refractivity contribution in [2.75, 3.05) is 6.54 Å². The number of amides is 1. The lowest BCUT2D eigenvalue weighted by atomic mass is 9.87. The highest BCUT2D eigenvalue weighted by Gasteiger charge is 2.54. The maximum atomic E-state index is 12.1. The van der Waals surface area contributed by atoms with Crippen molar-refractivity contribution in [1.82, 2.24) is 5.32 Å². The fraction of sp³-hybridized carbons (Fsp3) is 0.933. The molecular weight excluding hydrogens is 226 g/mol. The average molecular weight is 251 g/mol. The Morgan fingerprint density at radius 2 is 1.78 bits per heavy atom. The Bertz CT molecular complexity index is 306. The number of carbonyl (C=O) groups excluding carboxylic acids is 1. The van der Waals surface area contributed by atoms with Crippen LogP contribution in [-0.4, -0.2) is 23.7 Å². The van der Waals surface area contributed by atoms with Crippen molar-refractivity contribution < 1.29 is 9.90 Å². The molecule has 3 rings (SSSR count). The first kappa shape index (κ1) is 12.5. The molecule has 0 heterocycles. The molecule has 4 unspecified atom stereocenters. The van der Waals surface area contributed by atoms with E-state index in [1.165, 1.54) is 25.7 Å². The molecule has 3 aliphatic carbocycles. The summed E-state index contributed by atoms with van der Waals surface area (Å²) >= 11 is 0. The summed E-state index contributed by atoms with van der Waals surface area (Å²) in [5.41, 5.74) is 0. The number of aliphatic hydroxyl groups excluding tert-OH is 1. The lowest BCUT2D eigenvalue weighted by Crippen LogP contribution is -2.34. The van der Waals surface area contributed by atoms with Gasteiger partial charge in [0.05, 0.1) is 6.10 Å². The topological polar surface area (TPSA) is 49.3 Å². The van der Waals surface area contributed by atoms with Gasteiger partial charge in [0.15, 0.2) is 0 Å². The zero-order chi connectivity index (χ0) is 12.5. The lowest BCUT2D eigenvalue weighted by molar-refractivity contribution is -0.123. The number of hydrogen-bond acceptors (Lipinski definition) is 2. The van der Waals surface area contributed by atoms with Crippen molar-refractivity contribution in [2.45, 2.75) is 57.5 Å². The van der Waals surface area contributed by atoms with Crippen LogP contribution in [0.5, 0.6) is 0 Å². The zero-order valence-corrected chi connectivity index (χ0v) is 11.1. The Kier molecular flexibility index (Phi) is 3.60. The van der Waals surface area contributed by atoms with Crippen molar-refractivity contribution in [3.8, 4) is 0 Å². The first-order valence-electron chi connectivity index (χ1n) is 7.71. The Balaban J connectivity index is 1.42. The van der Waals surface area contributed by atoms with Gasteiger partial charge in [0.1, 0.15) is 0 Å². The molecule has 3 fully saturated rings. The molecule has 2 N–H and O–H groups in total. The van der Waals surface area contributed by atoms with Crippen LogP contribution in [0.1, 0.15) is 51.4 Å². The molecule has 0 aliphatic heterocycles. The standard InChI is InChI=1S/C15H25NO2/c17-11-5-3-4-10(8-11)9-16-15(18)14-12-6-1-2-7-13(12)14/h10-14,17H,1-9H2,(H,16,18). The van der Waals surface area contributed by atoms with Gasteiger partial charge in [-0.05, 0) is 49.9 Å². The predicted octanol–water partition coefficient (Wildman–Crippen LogP) is 2.09. The molecule has 3 saturated carbocycles. The van der Waals surface area contributed by atoms with Crippen LogP contribution in [0.15, 0.2) is 0 Å². The van der Waals surface area contributed by atoms with E-state index in [1.807, 2.05) is 0 Å². The molecular formula is C15H25NO2. The third-order valence-corrected chi connectivity index (χ3v) is 5.28. The van der Waals surface area contributed by atoms with Gasteiger partial charge in [-0.15, -0.1) is 0 Å². The van der Waals surface area contributed by atoms with E-state index in [1.54, 1.807) is 0 Å². The van der Waals surface area contributed by atoms with Crippen molar-refractivity contribution in [3.05, 3.63) is 0 Å². The van der Waals surface area contributed by atoms with Gasteiger partial charge in [-0.3, -0.25) is 4.79 Å². The van der Waals surface area contributed by atoms with Crippen LogP contribution in [0.3, 0.4) is 0 Å². The first-order chi connectivity index (χ1) is 8.75. The van der Waals surface area contributed by atoms with E-state index in [9.17, 15) is 9.90 Å². The molecule has 3 aliphatic rings. The Morgan fingerprint density at radius 1 is 1.06 bits per heavy atom. The van der Waals surface area contributed by atoms with E-state index in [4.69, 9.17) is 0 Å². The van der Waals surface area contributed by atoms with Gasteiger partial charge in [-0.2, -0.15) is 0 Å². The van der Waals surface area contributed by atoms with Gasteiger partial charge in [0, 0.05) is 12.5 Å². The number of hydrogen-bond donors (Lipinski definition) is 2. The van der Waals surface area contributed by atoms with Crippen LogP contribution in [0.2, 0.25) is 0 Å². The molecule has 0 saturated heterocycles. The second kappa shape index (κ2) is 5.20. The molecule has 0 aromatic rings. The molecule has 0 aromatic heterocycles. The van der Waals surface area contributed by atoms with E-state index in [-0.39, 0.29) is 6.10 Å². The number of nitrogens with one attached hydrogen (secondary N) is 1. The summed E-state index contributed by atoms with van der Waals surface area (Å²) in [5.74, 6) is 2.54. The van der Waals surface area contributed by atoms with Crippen LogP contribution in [-0.2, 0) is 4.79 Å². The van der Waals surface area contributed by atoms with E-state index < -0.39 is 0 Å². The molecule has 102 valence electrons. The fourth-order valence-corrected chi connectivity index (χ4v) is 4.19. The van der Waals surface area contributed by atoms with Gasteiger partial charge in [0.2, 0.25) is 5.91 Å². The molecule has 4 atom stereocenters. The minimum Gasteiger partial charge on any atom is -0.393 e. The van der Waals surface area contributed by atoms with Gasteiger partial charge in [-0.25, -0.2) is 0 Å². The second-order valence-corrected chi connectivity index (χ2v) is 6.57. The highest BCUT2D eigenvalue weighted by molar-refractivity contribution is 5.82. The van der Waals surface area contributed by atoms with Crippen molar-refractivity contribution in [1.29, 1.82) is 0 Å². The summed E-state index contributed by atoms with van der Waals surface area (Å²) in [6.07, 6.45) is 9.12. The molecule has 3 nitrogen and oxygen atoms in total. The average Bonchev–Trinajstić information content (AvgIpc) is 3.10. The van der Waals surface area contributed by atoms with E-state index in [0.29, 0.717) is 29.6 Å². The first-order valence-corrected chi connectivity index (χ1v) is 7.71. The fourth-order valence-electron chi connectivity index (χ4n) is 4.19. The van der Waals surface area contributed by atoms with Gasteiger partial charge in [0.25, 0.3) is 0 Å². The van der Waals surface area contributed by atoms with Crippen molar-refractivity contribution >= 4 is 5.91 Å². The molecule has 0 radical (unpaired) electrons. The third-order valence-electron chi connectivity index (χ3n) is 5.28. The van der Waals surface area contributed by atoms with Crippen LogP contribution in [0.4, 0.5) is 0 Å². The monoisotopic (exact) mass is 251 g/mol. The van der Waals surface area contributed by atoms with Gasteiger partial charge in [-0.1, -0.05) is 19.3 Å². The van der Waals surface area contributed by atoms with E-state index in [0.717, 1.165) is 32.2 Å². The predicted molar refractivity (Wildman–Crippen MR) is 69.9 cm³/mol. The SMILES string of the molecule is O=C(NCC1CCCC(O)C1)C1C2CCCCC21. The van der Waals surface area contributed by atoms with Gasteiger partial charge < -0.3 is 10.4 Å². The normalized spacial score (nSPS) is 43.1. The molecule has 18 heavy (non-hydrogen) atoms. The van der Waals surface area contributed by atoms with E-state index in [2.05, 4.69) is 5.32 Å². The minimum absolute atomic E-state index is 0.135. The second-order valence-electron chi connectivity index (χ2n) is 6.57. The van der Waals surface area contributed by atoms with Crippen LogP contribution >= 0.6 is 0 Å². The summed E-state index contributed by atoms with van der Waals surface area (Å²) < 4.78 is 0. The summed E-state index contributed by atoms with van der Waals surface area (Å²) in [6.45, 7) is 0.784. The molecule has 0 aromatic carbocycles. The smallest absolute Gasteiger partial charge is 0.223 e. The molecule has 1 amide bonds. The van der Waals surface area contributed by atoms with Crippen LogP contribution in [0, 0.1) is 23.7 Å². The summed E-state index contributed by atoms with van der Waals surface area (Å²) in [6, 6.07) is 0. The quantitative estimate of drug-likeness (QED) is 0.807. The van der Waals surface area contributed by atoms with Crippen LogP contribution in [0.25, 0.3) is 0 Å². The highest BCUT2D eigenvalue weighted by Crippen LogP contribution is 2.55. The number of aliphatic hydroxyl groups is 1. The van der Waals surface area contributed by atoms with Crippen LogP contribution < -0.4 is 5.32 Å².